The average Bonchev–Trinajstić information content (AvgIpc) is 3.03. The molecule has 0 bridgehead atoms. The van der Waals surface area contributed by atoms with Crippen LogP contribution in [0.25, 0.3) is 5.57 Å². The third kappa shape index (κ3) is 3.84. The topological polar surface area (TPSA) is 92.6 Å². The van der Waals surface area contributed by atoms with Crippen LogP contribution in [-0.2, 0) is 9.59 Å². The molecule has 0 aliphatic carbocycles. The first-order valence-electron chi connectivity index (χ1n) is 9.85. The molecule has 0 spiro atoms. The van der Waals surface area contributed by atoms with E-state index in [0.29, 0.717) is 5.69 Å². The summed E-state index contributed by atoms with van der Waals surface area (Å²) >= 11 is 0. The molecule has 1 aliphatic rings. The van der Waals surface area contributed by atoms with Crippen LogP contribution in [-0.4, -0.2) is 16.7 Å². The number of carbonyl (C=O) groups excluding carboxylic acids is 2. The maximum absolute atomic E-state index is 13.9. The Morgan fingerprint density at radius 2 is 1.61 bits per heavy atom. The second kappa shape index (κ2) is 8.27. The Labute approximate surface area is 187 Å². The van der Waals surface area contributed by atoms with Crippen molar-refractivity contribution in [3.8, 4) is 0 Å². The third-order valence-corrected chi connectivity index (χ3v) is 5.48. The van der Waals surface area contributed by atoms with Gasteiger partial charge in [0, 0.05) is 23.9 Å². The number of anilines is 2. The van der Waals surface area contributed by atoms with Gasteiger partial charge in [-0.3, -0.25) is 19.7 Å². The highest BCUT2D eigenvalue weighted by atomic mass is 19.2. The number of nitro benzene ring substituents is 1. The molecule has 3 aromatic carbocycles. The van der Waals surface area contributed by atoms with Crippen LogP contribution in [0.15, 0.2) is 66.4 Å². The van der Waals surface area contributed by atoms with Crippen LogP contribution in [0.3, 0.4) is 0 Å². The molecule has 33 heavy (non-hydrogen) atoms. The molecular weight excluding hydrogens is 432 g/mol. The summed E-state index contributed by atoms with van der Waals surface area (Å²) in [4.78, 5) is 37.8. The molecule has 0 atom stereocenters. The predicted molar refractivity (Wildman–Crippen MR) is 118 cm³/mol. The SMILES string of the molecule is Cc1cccc(NC2=C(c3ccc([N+](=O)[O-])cc3)C(=O)N(c3ccc(F)c(F)c3)C2=O)c1C. The Kier molecular flexibility index (Phi) is 5.47. The number of imide groups is 1. The summed E-state index contributed by atoms with van der Waals surface area (Å²) in [6.07, 6.45) is 0. The molecule has 1 N–H and O–H groups in total. The zero-order chi connectivity index (χ0) is 23.9. The zero-order valence-electron chi connectivity index (χ0n) is 17.6. The Balaban J connectivity index is 1.85. The van der Waals surface area contributed by atoms with E-state index in [4.69, 9.17) is 0 Å². The lowest BCUT2D eigenvalue weighted by molar-refractivity contribution is -0.384. The summed E-state index contributed by atoms with van der Waals surface area (Å²) in [5, 5.41) is 14.0. The van der Waals surface area contributed by atoms with Crippen LogP contribution in [0.5, 0.6) is 0 Å². The Bertz CT molecular complexity index is 1350. The maximum Gasteiger partial charge on any atom is 0.282 e. The number of aryl methyl sites for hydroxylation is 1. The van der Waals surface area contributed by atoms with Crippen molar-refractivity contribution < 1.29 is 23.3 Å². The second-order valence-corrected chi connectivity index (χ2v) is 7.47. The van der Waals surface area contributed by atoms with Crippen molar-refractivity contribution in [2.45, 2.75) is 13.8 Å². The summed E-state index contributed by atoms with van der Waals surface area (Å²) < 4.78 is 27.3. The van der Waals surface area contributed by atoms with Crippen molar-refractivity contribution in [2.24, 2.45) is 0 Å². The van der Waals surface area contributed by atoms with Crippen molar-refractivity contribution in [1.82, 2.24) is 0 Å². The van der Waals surface area contributed by atoms with Gasteiger partial charge in [0.2, 0.25) is 0 Å². The van der Waals surface area contributed by atoms with E-state index in [0.717, 1.165) is 34.2 Å². The molecule has 0 saturated carbocycles. The first-order chi connectivity index (χ1) is 15.7. The van der Waals surface area contributed by atoms with Gasteiger partial charge in [-0.2, -0.15) is 0 Å². The van der Waals surface area contributed by atoms with E-state index in [-0.39, 0.29) is 28.2 Å². The molecule has 0 aromatic heterocycles. The minimum absolute atomic E-state index is 0.0412. The fourth-order valence-electron chi connectivity index (χ4n) is 3.54. The Morgan fingerprint density at radius 3 is 2.24 bits per heavy atom. The predicted octanol–water partition coefficient (Wildman–Crippen LogP) is 4.89. The highest BCUT2D eigenvalue weighted by Gasteiger charge is 2.40. The number of nitro groups is 1. The average molecular weight is 449 g/mol. The second-order valence-electron chi connectivity index (χ2n) is 7.47. The summed E-state index contributed by atoms with van der Waals surface area (Å²) in [5.74, 6) is -3.86. The number of hydrogen-bond acceptors (Lipinski definition) is 5. The van der Waals surface area contributed by atoms with Crippen molar-refractivity contribution in [1.29, 1.82) is 0 Å². The number of halogens is 2. The van der Waals surface area contributed by atoms with Gasteiger partial charge in [-0.25, -0.2) is 13.7 Å². The van der Waals surface area contributed by atoms with E-state index >= 15 is 0 Å². The quantitative estimate of drug-likeness (QED) is 0.340. The first-order valence-corrected chi connectivity index (χ1v) is 9.85. The molecule has 166 valence electrons. The molecule has 1 heterocycles. The standard InChI is InChI=1S/C24H17F2N3O4/c1-13-4-3-5-20(14(13)2)27-22-21(15-6-8-16(9-7-15)29(32)33)23(30)28(24(22)31)17-10-11-18(25)19(26)12-17/h3-12,27H,1-2H3. The number of hydrogen-bond donors (Lipinski definition) is 1. The van der Waals surface area contributed by atoms with Gasteiger partial charge in [0.25, 0.3) is 17.5 Å². The highest BCUT2D eigenvalue weighted by molar-refractivity contribution is 6.46. The van der Waals surface area contributed by atoms with Gasteiger partial charge in [0.1, 0.15) is 5.70 Å². The Hall–Kier alpha value is -4.40. The summed E-state index contributed by atoms with van der Waals surface area (Å²) in [6, 6.07) is 13.3. The first kappa shape index (κ1) is 21.8. The minimum atomic E-state index is -1.21. The number of amides is 2. The molecule has 7 nitrogen and oxygen atoms in total. The lowest BCUT2D eigenvalue weighted by Gasteiger charge is -2.16. The van der Waals surface area contributed by atoms with Gasteiger partial charge in [-0.1, -0.05) is 12.1 Å². The van der Waals surface area contributed by atoms with Crippen LogP contribution in [0, 0.1) is 35.6 Å². The van der Waals surface area contributed by atoms with Gasteiger partial charge in [-0.15, -0.1) is 0 Å². The van der Waals surface area contributed by atoms with E-state index in [1.54, 1.807) is 12.1 Å². The van der Waals surface area contributed by atoms with Gasteiger partial charge >= 0.3 is 0 Å². The van der Waals surface area contributed by atoms with Gasteiger partial charge < -0.3 is 5.32 Å². The van der Waals surface area contributed by atoms with E-state index in [1.807, 2.05) is 19.9 Å². The monoisotopic (exact) mass is 449 g/mol. The maximum atomic E-state index is 13.9. The van der Waals surface area contributed by atoms with Crippen LogP contribution < -0.4 is 10.2 Å². The van der Waals surface area contributed by atoms with Crippen molar-refractivity contribution in [3.05, 3.63) is 105 Å². The lowest BCUT2D eigenvalue weighted by Crippen LogP contribution is -2.32. The number of benzene rings is 3. The van der Waals surface area contributed by atoms with Crippen molar-refractivity contribution >= 4 is 34.4 Å². The molecule has 9 heteroatoms. The normalized spacial score (nSPS) is 13.6. The highest BCUT2D eigenvalue weighted by Crippen LogP contribution is 2.35. The molecule has 0 unspecified atom stereocenters. The molecule has 0 saturated heterocycles. The van der Waals surface area contributed by atoms with Crippen LogP contribution >= 0.6 is 0 Å². The molecule has 0 fully saturated rings. The van der Waals surface area contributed by atoms with Gasteiger partial charge in [0.05, 0.1) is 16.2 Å². The summed E-state index contributed by atoms with van der Waals surface area (Å²) in [5.41, 5.74) is 2.20. The van der Waals surface area contributed by atoms with Gasteiger partial charge in [0.15, 0.2) is 11.6 Å². The summed E-state index contributed by atoms with van der Waals surface area (Å²) in [6.45, 7) is 3.74. The van der Waals surface area contributed by atoms with E-state index < -0.39 is 28.4 Å². The van der Waals surface area contributed by atoms with Crippen molar-refractivity contribution in [2.75, 3.05) is 10.2 Å². The molecule has 1 aliphatic heterocycles. The largest absolute Gasteiger partial charge is 0.350 e. The molecular formula is C24H17F2N3O4. The number of nitrogens with zero attached hydrogens (tertiary/aromatic N) is 2. The van der Waals surface area contributed by atoms with E-state index in [1.165, 1.54) is 24.3 Å². The zero-order valence-corrected chi connectivity index (χ0v) is 17.6. The number of rotatable bonds is 5. The van der Waals surface area contributed by atoms with Crippen molar-refractivity contribution in [3.63, 3.8) is 0 Å². The minimum Gasteiger partial charge on any atom is -0.350 e. The third-order valence-electron chi connectivity index (χ3n) is 5.48. The van der Waals surface area contributed by atoms with E-state index in [2.05, 4.69) is 5.32 Å². The van der Waals surface area contributed by atoms with E-state index in [9.17, 15) is 28.5 Å². The Morgan fingerprint density at radius 1 is 0.909 bits per heavy atom. The number of carbonyl (C=O) groups is 2. The number of nitrogens with one attached hydrogen (secondary N) is 1. The molecule has 3 aromatic rings. The van der Waals surface area contributed by atoms with Crippen LogP contribution in [0.2, 0.25) is 0 Å². The smallest absolute Gasteiger partial charge is 0.282 e. The van der Waals surface area contributed by atoms with Crippen LogP contribution in [0.1, 0.15) is 16.7 Å². The van der Waals surface area contributed by atoms with Gasteiger partial charge in [-0.05, 0) is 60.9 Å². The molecule has 0 radical (unpaired) electrons. The lowest BCUT2D eigenvalue weighted by atomic mass is 10.0. The fourth-order valence-corrected chi connectivity index (χ4v) is 3.54. The van der Waals surface area contributed by atoms with Crippen LogP contribution in [0.4, 0.5) is 25.8 Å². The molecule has 2 amide bonds. The molecule has 4 rings (SSSR count). The number of non-ortho nitro benzene ring substituents is 1. The fraction of sp³-hybridized carbons (Fsp3) is 0.0833. The summed E-state index contributed by atoms with van der Waals surface area (Å²) in [7, 11) is 0.